The van der Waals surface area contributed by atoms with E-state index in [1.54, 1.807) is 12.1 Å². The molecule has 0 aliphatic carbocycles. The van der Waals surface area contributed by atoms with Gasteiger partial charge in [-0.3, -0.25) is 19.3 Å². The Kier molecular flexibility index (Phi) is 4.64. The Morgan fingerprint density at radius 3 is 2.74 bits per heavy atom. The Hall–Kier alpha value is -2.90. The number of hydrogen-bond donors (Lipinski definition) is 1. The van der Waals surface area contributed by atoms with Crippen molar-refractivity contribution in [1.29, 1.82) is 0 Å². The molecule has 4 heterocycles. The summed E-state index contributed by atoms with van der Waals surface area (Å²) in [5.74, 6) is -1.84. The maximum atomic E-state index is 14.2. The number of rotatable bonds is 3. The maximum Gasteiger partial charge on any atom is 0.250 e. The molecule has 0 unspecified atom stereocenters. The molecule has 1 spiro atoms. The number of imide groups is 1. The smallest absolute Gasteiger partial charge is 0.250 e. The lowest BCUT2D eigenvalue weighted by Gasteiger charge is -2.36. The van der Waals surface area contributed by atoms with Crippen molar-refractivity contribution in [3.8, 4) is 5.75 Å². The second-order valence-corrected chi connectivity index (χ2v) is 10.0. The Bertz CT molecular complexity index is 1280. The van der Waals surface area contributed by atoms with Crippen LogP contribution in [-0.4, -0.2) is 42.3 Å². The zero-order chi connectivity index (χ0) is 23.9. The minimum absolute atomic E-state index is 0.159. The lowest BCUT2D eigenvalue weighted by atomic mass is 9.75. The van der Waals surface area contributed by atoms with Crippen molar-refractivity contribution in [1.82, 2.24) is 4.90 Å². The van der Waals surface area contributed by atoms with Gasteiger partial charge in [0.1, 0.15) is 11.3 Å². The van der Waals surface area contributed by atoms with Crippen molar-refractivity contribution in [2.45, 2.75) is 44.7 Å². The molecule has 1 N–H and O–H groups in total. The molecule has 7 nitrogen and oxygen atoms in total. The summed E-state index contributed by atoms with van der Waals surface area (Å²) in [7, 11) is 1.49. The lowest BCUT2D eigenvalue weighted by molar-refractivity contribution is -0.135. The molecule has 4 atom stereocenters. The molecule has 2 aromatic rings. The summed E-state index contributed by atoms with van der Waals surface area (Å²) in [6, 6.07) is 9.08. The Balaban J connectivity index is 1.56. The fourth-order valence-electron chi connectivity index (χ4n) is 6.81. The number of fused-ring (bicyclic) bond motifs is 7. The molecule has 4 aliphatic heterocycles. The number of benzene rings is 2. The van der Waals surface area contributed by atoms with E-state index in [0.29, 0.717) is 23.0 Å². The van der Waals surface area contributed by atoms with E-state index in [0.717, 1.165) is 41.6 Å². The SMILES string of the molecule is CCc1cccc2c1NC(=O)[C@@]21[C@@H]2C(=O)N(c3cc(C)c(Cl)cc3OC)C(=O)[C@@H]2[C@H]2CCCN21. The van der Waals surface area contributed by atoms with E-state index in [1.807, 2.05) is 32.0 Å². The van der Waals surface area contributed by atoms with Gasteiger partial charge in [0.05, 0.1) is 24.6 Å². The predicted octanol–water partition coefficient (Wildman–Crippen LogP) is 3.65. The molecular weight excluding hydrogens is 454 g/mol. The molecular formula is C26H26ClN3O4. The highest BCUT2D eigenvalue weighted by atomic mass is 35.5. The van der Waals surface area contributed by atoms with Gasteiger partial charge in [-0.05, 0) is 49.9 Å². The van der Waals surface area contributed by atoms with Crippen molar-refractivity contribution in [3.05, 3.63) is 52.0 Å². The molecule has 0 aromatic heterocycles. The summed E-state index contributed by atoms with van der Waals surface area (Å²) in [5.41, 5.74) is 2.59. The summed E-state index contributed by atoms with van der Waals surface area (Å²) >= 11 is 6.29. The van der Waals surface area contributed by atoms with E-state index in [-0.39, 0.29) is 23.8 Å². The number of ether oxygens (including phenoxy) is 1. The summed E-state index contributed by atoms with van der Waals surface area (Å²) in [6.45, 7) is 4.55. The fourth-order valence-corrected chi connectivity index (χ4v) is 6.96. The molecule has 6 rings (SSSR count). The van der Waals surface area contributed by atoms with Crippen LogP contribution in [0.3, 0.4) is 0 Å². The molecule has 176 valence electrons. The first-order chi connectivity index (χ1) is 16.4. The van der Waals surface area contributed by atoms with E-state index in [1.165, 1.54) is 12.0 Å². The van der Waals surface area contributed by atoms with Crippen LogP contribution in [0.15, 0.2) is 30.3 Å². The zero-order valence-electron chi connectivity index (χ0n) is 19.4. The third-order valence-electron chi connectivity index (χ3n) is 8.20. The van der Waals surface area contributed by atoms with E-state index in [4.69, 9.17) is 16.3 Å². The molecule has 2 aromatic carbocycles. The lowest BCUT2D eigenvalue weighted by Crippen LogP contribution is -2.54. The number of para-hydroxylation sites is 1. The number of anilines is 2. The molecule has 0 saturated carbocycles. The average molecular weight is 480 g/mol. The summed E-state index contributed by atoms with van der Waals surface area (Å²) in [6.07, 6.45) is 2.43. The predicted molar refractivity (Wildman–Crippen MR) is 128 cm³/mol. The number of nitrogens with one attached hydrogen (secondary N) is 1. The summed E-state index contributed by atoms with van der Waals surface area (Å²) in [4.78, 5) is 45.3. The highest BCUT2D eigenvalue weighted by Gasteiger charge is 2.74. The minimum atomic E-state index is -1.18. The van der Waals surface area contributed by atoms with Crippen LogP contribution in [0.5, 0.6) is 5.75 Å². The van der Waals surface area contributed by atoms with Crippen LogP contribution in [0.25, 0.3) is 0 Å². The van der Waals surface area contributed by atoms with E-state index in [9.17, 15) is 14.4 Å². The minimum Gasteiger partial charge on any atom is -0.495 e. The van der Waals surface area contributed by atoms with Crippen molar-refractivity contribution >= 4 is 40.7 Å². The number of amides is 3. The van der Waals surface area contributed by atoms with Crippen LogP contribution in [0.1, 0.15) is 36.5 Å². The molecule has 8 heteroatoms. The van der Waals surface area contributed by atoms with Crippen LogP contribution >= 0.6 is 11.6 Å². The third-order valence-corrected chi connectivity index (χ3v) is 8.60. The zero-order valence-corrected chi connectivity index (χ0v) is 20.1. The second-order valence-electron chi connectivity index (χ2n) is 9.61. The van der Waals surface area contributed by atoms with Gasteiger partial charge in [-0.15, -0.1) is 0 Å². The Morgan fingerprint density at radius 2 is 2.00 bits per heavy atom. The summed E-state index contributed by atoms with van der Waals surface area (Å²) in [5, 5.41) is 3.59. The number of nitrogens with zero attached hydrogens (tertiary/aromatic N) is 2. The highest BCUT2D eigenvalue weighted by Crippen LogP contribution is 2.61. The van der Waals surface area contributed by atoms with Crippen LogP contribution in [0.2, 0.25) is 5.02 Å². The quantitative estimate of drug-likeness (QED) is 0.680. The third kappa shape index (κ3) is 2.44. The van der Waals surface area contributed by atoms with Crippen molar-refractivity contribution in [3.63, 3.8) is 0 Å². The largest absolute Gasteiger partial charge is 0.495 e. The van der Waals surface area contributed by atoms with Gasteiger partial charge in [-0.2, -0.15) is 0 Å². The van der Waals surface area contributed by atoms with Gasteiger partial charge >= 0.3 is 0 Å². The first-order valence-corrected chi connectivity index (χ1v) is 12.2. The van der Waals surface area contributed by atoms with Gasteiger partial charge in [0, 0.05) is 28.4 Å². The number of methoxy groups -OCH3 is 1. The van der Waals surface area contributed by atoms with Crippen molar-refractivity contribution < 1.29 is 19.1 Å². The van der Waals surface area contributed by atoms with Crippen molar-refractivity contribution in [2.75, 3.05) is 23.9 Å². The molecule has 3 saturated heterocycles. The monoisotopic (exact) mass is 479 g/mol. The van der Waals surface area contributed by atoms with Gasteiger partial charge in [0.25, 0.3) is 0 Å². The van der Waals surface area contributed by atoms with Crippen LogP contribution in [0, 0.1) is 18.8 Å². The van der Waals surface area contributed by atoms with Gasteiger partial charge < -0.3 is 10.1 Å². The average Bonchev–Trinajstić information content (AvgIpc) is 3.53. The molecule has 0 bridgehead atoms. The maximum absolute atomic E-state index is 14.2. The number of carbonyl (C=O) groups excluding carboxylic acids is 3. The van der Waals surface area contributed by atoms with Gasteiger partial charge in [-0.25, -0.2) is 4.90 Å². The molecule has 3 fully saturated rings. The van der Waals surface area contributed by atoms with E-state index < -0.39 is 17.4 Å². The molecule has 4 aliphatic rings. The van der Waals surface area contributed by atoms with Crippen LogP contribution < -0.4 is 15.0 Å². The number of halogens is 1. The van der Waals surface area contributed by atoms with Gasteiger partial charge in [-0.1, -0.05) is 36.7 Å². The molecule has 0 radical (unpaired) electrons. The topological polar surface area (TPSA) is 79.0 Å². The first kappa shape index (κ1) is 21.6. The molecule has 34 heavy (non-hydrogen) atoms. The van der Waals surface area contributed by atoms with Gasteiger partial charge in [0.15, 0.2) is 0 Å². The highest BCUT2D eigenvalue weighted by molar-refractivity contribution is 6.32. The van der Waals surface area contributed by atoms with Crippen molar-refractivity contribution in [2.24, 2.45) is 11.8 Å². The van der Waals surface area contributed by atoms with E-state index in [2.05, 4.69) is 10.2 Å². The van der Waals surface area contributed by atoms with Crippen LogP contribution in [0.4, 0.5) is 11.4 Å². The standard InChI is InChI=1S/C26H26ClN3O4/c1-4-14-7-5-8-15-22(14)28-25(33)26(15)21-20(17-9-6-10-29(17)26)23(31)30(24(21)32)18-11-13(2)16(27)12-19(18)34-3/h5,7-8,11-12,17,20-21H,4,6,9-10H2,1-3H3,(H,28,33)/t17-,20-,21+,26+/m1/s1. The summed E-state index contributed by atoms with van der Waals surface area (Å²) < 4.78 is 5.50. The Labute approximate surface area is 203 Å². The fraction of sp³-hybridized carbons (Fsp3) is 0.423. The first-order valence-electron chi connectivity index (χ1n) is 11.8. The number of hydrogen-bond acceptors (Lipinski definition) is 5. The second kappa shape index (κ2) is 7.30. The Morgan fingerprint density at radius 1 is 1.21 bits per heavy atom. The molecule has 3 amide bonds. The normalized spacial score (nSPS) is 29.6. The number of aryl methyl sites for hydroxylation is 2. The van der Waals surface area contributed by atoms with Crippen LogP contribution in [-0.2, 0) is 26.3 Å². The number of carbonyl (C=O) groups is 3. The van der Waals surface area contributed by atoms with E-state index >= 15 is 0 Å². The van der Waals surface area contributed by atoms with Gasteiger partial charge in [0.2, 0.25) is 17.7 Å².